The summed E-state index contributed by atoms with van der Waals surface area (Å²) in [6, 6.07) is 26.8. The lowest BCUT2D eigenvalue weighted by Gasteiger charge is -2.02. The highest BCUT2D eigenvalue weighted by atomic mass is 16.5. The van der Waals surface area contributed by atoms with E-state index in [2.05, 4.69) is 43.3 Å². The normalized spacial score (nSPS) is 11.2. The highest BCUT2D eigenvalue weighted by molar-refractivity contribution is 5.87. The van der Waals surface area contributed by atoms with Crippen molar-refractivity contribution < 1.29 is 9.15 Å². The van der Waals surface area contributed by atoms with E-state index in [1.54, 1.807) is 7.11 Å². The van der Waals surface area contributed by atoms with Gasteiger partial charge in [0.1, 0.15) is 5.75 Å². The number of hydrogen-bond donors (Lipinski definition) is 0. The molecule has 27 heavy (non-hydrogen) atoms. The van der Waals surface area contributed by atoms with Crippen molar-refractivity contribution in [3.63, 3.8) is 0 Å². The van der Waals surface area contributed by atoms with Crippen LogP contribution in [0, 0.1) is 6.92 Å². The zero-order chi connectivity index (χ0) is 18.6. The minimum atomic E-state index is 0.841. The second-order valence-corrected chi connectivity index (χ2v) is 6.54. The summed E-state index contributed by atoms with van der Waals surface area (Å²) in [5.41, 5.74) is 5.42. The van der Waals surface area contributed by atoms with E-state index in [1.807, 2.05) is 54.6 Å². The molecule has 4 rings (SSSR count). The van der Waals surface area contributed by atoms with E-state index in [-0.39, 0.29) is 0 Å². The molecule has 2 heteroatoms. The Morgan fingerprint density at radius 2 is 1.59 bits per heavy atom. The van der Waals surface area contributed by atoms with Crippen molar-refractivity contribution in [2.24, 2.45) is 0 Å². The fourth-order valence-electron chi connectivity index (χ4n) is 3.13. The molecule has 1 heterocycles. The van der Waals surface area contributed by atoms with E-state index < -0.39 is 0 Å². The number of ether oxygens (including phenoxy) is 1. The zero-order valence-corrected chi connectivity index (χ0v) is 15.5. The van der Waals surface area contributed by atoms with Gasteiger partial charge in [-0.15, -0.1) is 0 Å². The van der Waals surface area contributed by atoms with E-state index >= 15 is 0 Å². The summed E-state index contributed by atoms with van der Waals surface area (Å²) in [6.07, 6.45) is 4.09. The van der Waals surface area contributed by atoms with Gasteiger partial charge in [0.05, 0.1) is 18.1 Å². The van der Waals surface area contributed by atoms with Gasteiger partial charge in [-0.3, -0.25) is 0 Å². The standard InChI is InChI=1S/C25H21O2/c1-18-8-14-24-21(16-18)17-23(20-6-4-3-5-7-20)25(27-24)15-11-19-9-12-22(26-2)13-10-19/h3-17H,1-2H3/q+1. The first-order valence-electron chi connectivity index (χ1n) is 8.98. The Labute approximate surface area is 159 Å². The molecular weight excluding hydrogens is 332 g/mol. The molecule has 0 aliphatic carbocycles. The average Bonchev–Trinajstić information content (AvgIpc) is 2.72. The molecule has 0 unspecified atom stereocenters. The van der Waals surface area contributed by atoms with Gasteiger partial charge in [0.2, 0.25) is 0 Å². The van der Waals surface area contributed by atoms with Gasteiger partial charge in [-0.1, -0.05) is 42.5 Å². The molecule has 0 atom stereocenters. The average molecular weight is 353 g/mol. The zero-order valence-electron chi connectivity index (χ0n) is 15.5. The van der Waals surface area contributed by atoms with Gasteiger partial charge in [0, 0.05) is 12.1 Å². The molecule has 132 valence electrons. The van der Waals surface area contributed by atoms with Crippen LogP contribution in [0.1, 0.15) is 16.9 Å². The highest BCUT2D eigenvalue weighted by Gasteiger charge is 2.18. The van der Waals surface area contributed by atoms with Crippen LogP contribution in [0.5, 0.6) is 5.75 Å². The molecule has 0 aliphatic heterocycles. The SMILES string of the molecule is COc1ccc(C=Cc2[o+]c3ccc(C)cc3cc2-c2ccccc2)cc1. The third-order valence-electron chi connectivity index (χ3n) is 4.58. The summed E-state index contributed by atoms with van der Waals surface area (Å²) >= 11 is 0. The molecule has 2 nitrogen and oxygen atoms in total. The molecule has 0 saturated heterocycles. The van der Waals surface area contributed by atoms with Crippen LogP contribution in [-0.4, -0.2) is 7.11 Å². The Balaban J connectivity index is 1.81. The molecule has 3 aromatic carbocycles. The Bertz CT molecular complexity index is 1090. The summed E-state index contributed by atoms with van der Waals surface area (Å²) in [5, 5.41) is 1.11. The first-order valence-corrected chi connectivity index (χ1v) is 8.98. The molecule has 0 amide bonds. The van der Waals surface area contributed by atoms with Crippen LogP contribution in [0.15, 0.2) is 83.3 Å². The van der Waals surface area contributed by atoms with Crippen molar-refractivity contribution in [1.82, 2.24) is 0 Å². The molecule has 0 N–H and O–H groups in total. The minimum absolute atomic E-state index is 0.841. The molecule has 0 radical (unpaired) electrons. The minimum Gasteiger partial charge on any atom is -0.497 e. The van der Waals surface area contributed by atoms with Gasteiger partial charge in [0.25, 0.3) is 0 Å². The van der Waals surface area contributed by atoms with Crippen LogP contribution in [-0.2, 0) is 0 Å². The largest absolute Gasteiger partial charge is 0.497 e. The van der Waals surface area contributed by atoms with Crippen LogP contribution in [0.2, 0.25) is 0 Å². The van der Waals surface area contributed by atoms with Gasteiger partial charge in [-0.25, -0.2) is 4.42 Å². The van der Waals surface area contributed by atoms with E-state index in [9.17, 15) is 0 Å². The van der Waals surface area contributed by atoms with Crippen LogP contribution in [0.4, 0.5) is 0 Å². The maximum Gasteiger partial charge on any atom is 0.361 e. The number of rotatable bonds is 4. The van der Waals surface area contributed by atoms with Crippen molar-refractivity contribution >= 4 is 23.1 Å². The molecule has 1 aromatic heterocycles. The lowest BCUT2D eigenvalue weighted by atomic mass is 10.0. The van der Waals surface area contributed by atoms with Gasteiger partial charge >= 0.3 is 11.3 Å². The highest BCUT2D eigenvalue weighted by Crippen LogP contribution is 2.31. The number of aryl methyl sites for hydroxylation is 1. The summed E-state index contributed by atoms with van der Waals surface area (Å²) in [4.78, 5) is 0. The Morgan fingerprint density at radius 3 is 2.33 bits per heavy atom. The van der Waals surface area contributed by atoms with E-state index in [0.717, 1.165) is 39.2 Å². The quantitative estimate of drug-likeness (QED) is 0.373. The van der Waals surface area contributed by atoms with Crippen molar-refractivity contribution in [3.8, 4) is 16.9 Å². The maximum absolute atomic E-state index is 6.26. The Kier molecular flexibility index (Phi) is 4.71. The molecule has 0 aliphatic rings. The molecule has 0 spiro atoms. The van der Waals surface area contributed by atoms with Crippen molar-refractivity contribution in [1.29, 1.82) is 0 Å². The smallest absolute Gasteiger partial charge is 0.361 e. The van der Waals surface area contributed by atoms with Gasteiger partial charge in [-0.2, -0.15) is 0 Å². The summed E-state index contributed by atoms with van der Waals surface area (Å²) < 4.78 is 11.5. The monoisotopic (exact) mass is 353 g/mol. The molecule has 0 fully saturated rings. The van der Waals surface area contributed by atoms with Crippen LogP contribution in [0.3, 0.4) is 0 Å². The van der Waals surface area contributed by atoms with Crippen LogP contribution in [0.25, 0.3) is 34.2 Å². The van der Waals surface area contributed by atoms with E-state index in [1.165, 1.54) is 5.56 Å². The molecule has 0 bridgehead atoms. The van der Waals surface area contributed by atoms with E-state index in [0.29, 0.717) is 0 Å². The second-order valence-electron chi connectivity index (χ2n) is 6.54. The van der Waals surface area contributed by atoms with Gasteiger partial charge < -0.3 is 4.74 Å². The van der Waals surface area contributed by atoms with Crippen LogP contribution < -0.4 is 4.74 Å². The molecule has 0 saturated carbocycles. The molecular formula is C25H21O2+. The lowest BCUT2D eigenvalue weighted by molar-refractivity contribution is 0.415. The first-order chi connectivity index (χ1) is 13.2. The van der Waals surface area contributed by atoms with Crippen molar-refractivity contribution in [2.75, 3.05) is 7.11 Å². The lowest BCUT2D eigenvalue weighted by Crippen LogP contribution is -1.86. The fourth-order valence-corrected chi connectivity index (χ4v) is 3.13. The van der Waals surface area contributed by atoms with E-state index in [4.69, 9.17) is 9.15 Å². The maximum atomic E-state index is 6.26. The summed E-state index contributed by atoms with van der Waals surface area (Å²) in [7, 11) is 1.67. The molecule has 4 aromatic rings. The summed E-state index contributed by atoms with van der Waals surface area (Å²) in [5.74, 6) is 1.69. The number of benzene rings is 3. The number of hydrogen-bond acceptors (Lipinski definition) is 1. The Morgan fingerprint density at radius 1 is 0.815 bits per heavy atom. The summed E-state index contributed by atoms with van der Waals surface area (Å²) in [6.45, 7) is 2.10. The first kappa shape index (κ1) is 17.0. The van der Waals surface area contributed by atoms with Crippen molar-refractivity contribution in [2.45, 2.75) is 6.92 Å². The second kappa shape index (κ2) is 7.46. The number of methoxy groups -OCH3 is 1. The third kappa shape index (κ3) is 3.75. The predicted molar refractivity (Wildman–Crippen MR) is 113 cm³/mol. The third-order valence-corrected chi connectivity index (χ3v) is 4.58. The Hall–Kier alpha value is -3.39. The van der Waals surface area contributed by atoms with Crippen LogP contribution >= 0.6 is 0 Å². The predicted octanol–water partition coefficient (Wildman–Crippen LogP) is 6.87. The van der Waals surface area contributed by atoms with Gasteiger partial charge in [-0.05, 0) is 60.0 Å². The van der Waals surface area contributed by atoms with Gasteiger partial charge in [0.15, 0.2) is 0 Å². The fraction of sp³-hybridized carbons (Fsp3) is 0.0800. The topological polar surface area (TPSA) is 20.5 Å². The van der Waals surface area contributed by atoms with Crippen molar-refractivity contribution in [3.05, 3.63) is 95.7 Å². The number of fused-ring (bicyclic) bond motifs is 1.